The van der Waals surface area contributed by atoms with Crippen LogP contribution in [0.2, 0.25) is 0 Å². The van der Waals surface area contributed by atoms with Gasteiger partial charge >= 0.3 is 6.09 Å². The molecule has 5 nitrogen and oxygen atoms in total. The highest BCUT2D eigenvalue weighted by atomic mass is 16.6. The van der Waals surface area contributed by atoms with Crippen molar-refractivity contribution in [1.29, 1.82) is 0 Å². The molecule has 1 amide bonds. The lowest BCUT2D eigenvalue weighted by Crippen LogP contribution is -2.26. The molecule has 0 aliphatic carbocycles. The standard InChI is InChI=1S/C19H27NO4/c1-13(2)17(20-18(22)24-19(3,4)5)16(21)11-10-14-8-7-9-15(12-14)23-6/h7-9,12-13H,10-11H2,1-6H3. The lowest BCUT2D eigenvalue weighted by atomic mass is 9.98. The van der Waals surface area contributed by atoms with Gasteiger partial charge in [0, 0.05) is 6.42 Å². The Morgan fingerprint density at radius 2 is 1.88 bits per heavy atom. The van der Waals surface area contributed by atoms with Crippen molar-refractivity contribution < 1.29 is 19.1 Å². The predicted octanol–water partition coefficient (Wildman–Crippen LogP) is 4.23. The third-order valence-electron chi connectivity index (χ3n) is 3.21. The van der Waals surface area contributed by atoms with Crippen LogP contribution in [-0.4, -0.2) is 30.3 Å². The summed E-state index contributed by atoms with van der Waals surface area (Å²) in [5.41, 5.74) is 0.627. The van der Waals surface area contributed by atoms with E-state index in [0.717, 1.165) is 11.3 Å². The number of amides is 1. The number of ether oxygens (including phenoxy) is 2. The molecule has 0 bridgehead atoms. The van der Waals surface area contributed by atoms with Crippen molar-refractivity contribution in [3.8, 4) is 5.75 Å². The average Bonchev–Trinajstić information content (AvgIpc) is 2.48. The van der Waals surface area contributed by atoms with Crippen LogP contribution in [0.4, 0.5) is 4.79 Å². The van der Waals surface area contributed by atoms with Crippen LogP contribution in [0.5, 0.6) is 5.75 Å². The first-order chi connectivity index (χ1) is 11.1. The molecule has 0 radical (unpaired) electrons. The van der Waals surface area contributed by atoms with Gasteiger partial charge in [0.1, 0.15) is 11.4 Å². The van der Waals surface area contributed by atoms with E-state index < -0.39 is 11.7 Å². The van der Waals surface area contributed by atoms with Crippen LogP contribution in [0.3, 0.4) is 0 Å². The van der Waals surface area contributed by atoms with E-state index in [1.165, 1.54) is 0 Å². The van der Waals surface area contributed by atoms with Crippen LogP contribution in [-0.2, 0) is 16.0 Å². The van der Waals surface area contributed by atoms with Crippen LogP contribution < -0.4 is 4.74 Å². The number of hydrogen-bond donors (Lipinski definition) is 0. The van der Waals surface area contributed by atoms with E-state index in [1.807, 2.05) is 38.1 Å². The van der Waals surface area contributed by atoms with Gasteiger partial charge in [-0.05, 0) is 50.8 Å². The number of aryl methyl sites for hydroxylation is 1. The molecule has 1 aromatic rings. The number of ketones is 1. The van der Waals surface area contributed by atoms with Crippen LogP contribution >= 0.6 is 0 Å². The van der Waals surface area contributed by atoms with Crippen molar-refractivity contribution in [1.82, 2.24) is 0 Å². The van der Waals surface area contributed by atoms with Gasteiger partial charge in [-0.1, -0.05) is 26.0 Å². The fourth-order valence-electron chi connectivity index (χ4n) is 2.11. The summed E-state index contributed by atoms with van der Waals surface area (Å²) in [7, 11) is 1.61. The van der Waals surface area contributed by atoms with Crippen molar-refractivity contribution in [2.24, 2.45) is 10.9 Å². The van der Waals surface area contributed by atoms with E-state index in [1.54, 1.807) is 27.9 Å². The molecule has 24 heavy (non-hydrogen) atoms. The second-order valence-electron chi connectivity index (χ2n) is 6.91. The monoisotopic (exact) mass is 333 g/mol. The second kappa shape index (κ2) is 8.62. The maximum Gasteiger partial charge on any atom is 0.434 e. The Balaban J connectivity index is 2.78. The van der Waals surface area contributed by atoms with E-state index in [9.17, 15) is 9.59 Å². The minimum absolute atomic E-state index is 0.140. The molecule has 5 heteroatoms. The molecule has 0 atom stereocenters. The van der Waals surface area contributed by atoms with E-state index >= 15 is 0 Å². The van der Waals surface area contributed by atoms with E-state index in [0.29, 0.717) is 6.42 Å². The molecule has 0 saturated heterocycles. The number of carbonyl (C=O) groups excluding carboxylic acids is 2. The van der Waals surface area contributed by atoms with Crippen LogP contribution in [0.25, 0.3) is 0 Å². The zero-order chi connectivity index (χ0) is 18.3. The average molecular weight is 333 g/mol. The second-order valence-corrected chi connectivity index (χ2v) is 6.91. The molecular weight excluding hydrogens is 306 g/mol. The molecule has 132 valence electrons. The van der Waals surface area contributed by atoms with E-state index in [4.69, 9.17) is 9.47 Å². The summed E-state index contributed by atoms with van der Waals surface area (Å²) < 4.78 is 10.3. The van der Waals surface area contributed by atoms with Crippen LogP contribution in [0.1, 0.15) is 46.6 Å². The zero-order valence-electron chi connectivity index (χ0n) is 15.4. The normalized spacial score (nSPS) is 12.2. The fourth-order valence-corrected chi connectivity index (χ4v) is 2.11. The number of carbonyl (C=O) groups is 2. The minimum atomic E-state index is -0.721. The maximum atomic E-state index is 12.4. The highest BCUT2D eigenvalue weighted by Crippen LogP contribution is 2.15. The summed E-state index contributed by atoms with van der Waals surface area (Å²) in [6, 6.07) is 7.58. The Morgan fingerprint density at radius 1 is 1.21 bits per heavy atom. The maximum absolute atomic E-state index is 12.4. The van der Waals surface area contributed by atoms with Gasteiger partial charge in [-0.15, -0.1) is 0 Å². The van der Waals surface area contributed by atoms with Crippen molar-refractivity contribution in [2.45, 2.75) is 53.1 Å². The quantitative estimate of drug-likeness (QED) is 0.731. The van der Waals surface area contributed by atoms with Crippen molar-refractivity contribution >= 4 is 17.6 Å². The molecule has 0 N–H and O–H groups in total. The molecule has 0 unspecified atom stereocenters. The van der Waals surface area contributed by atoms with Crippen molar-refractivity contribution in [3.63, 3.8) is 0 Å². The molecule has 0 aromatic heterocycles. The molecule has 1 aromatic carbocycles. The Bertz CT molecular complexity index is 612. The number of hydrogen-bond acceptors (Lipinski definition) is 4. The van der Waals surface area contributed by atoms with Gasteiger partial charge in [-0.25, -0.2) is 4.79 Å². The number of aliphatic imine (C=N–C) groups is 1. The third kappa shape index (κ3) is 6.94. The van der Waals surface area contributed by atoms with Gasteiger partial charge in [0.2, 0.25) is 0 Å². The van der Waals surface area contributed by atoms with Crippen molar-refractivity contribution in [3.05, 3.63) is 29.8 Å². The van der Waals surface area contributed by atoms with Crippen LogP contribution in [0, 0.1) is 5.92 Å². The molecule has 1 rings (SSSR count). The molecule has 0 saturated carbocycles. The number of methoxy groups -OCH3 is 1. The predicted molar refractivity (Wildman–Crippen MR) is 94.8 cm³/mol. The highest BCUT2D eigenvalue weighted by Gasteiger charge is 2.21. The molecule has 0 fully saturated rings. The highest BCUT2D eigenvalue weighted by molar-refractivity contribution is 6.41. The number of Topliss-reactive ketones (excluding diaryl/α,β-unsaturated/α-hetero) is 1. The fraction of sp³-hybridized carbons (Fsp3) is 0.526. The molecule has 0 aliphatic rings. The largest absolute Gasteiger partial charge is 0.497 e. The third-order valence-corrected chi connectivity index (χ3v) is 3.21. The summed E-state index contributed by atoms with van der Waals surface area (Å²) >= 11 is 0. The van der Waals surface area contributed by atoms with Gasteiger partial charge in [0.05, 0.1) is 12.8 Å². The topological polar surface area (TPSA) is 65.0 Å². The molecule has 0 spiro atoms. The Morgan fingerprint density at radius 3 is 2.42 bits per heavy atom. The van der Waals surface area contributed by atoms with Crippen LogP contribution in [0.15, 0.2) is 29.3 Å². The number of nitrogens with zero attached hydrogens (tertiary/aromatic N) is 1. The van der Waals surface area contributed by atoms with Gasteiger partial charge in [-0.3, -0.25) is 4.79 Å². The van der Waals surface area contributed by atoms with E-state index in [-0.39, 0.29) is 23.8 Å². The van der Waals surface area contributed by atoms with Gasteiger partial charge < -0.3 is 9.47 Å². The first kappa shape index (κ1) is 19.9. The summed E-state index contributed by atoms with van der Waals surface area (Å²) in [5, 5.41) is 0. The van der Waals surface area contributed by atoms with Gasteiger partial charge in [0.25, 0.3) is 0 Å². The molecular formula is C19H27NO4. The smallest absolute Gasteiger partial charge is 0.434 e. The zero-order valence-corrected chi connectivity index (χ0v) is 15.4. The minimum Gasteiger partial charge on any atom is -0.497 e. The SMILES string of the molecule is COc1cccc(CCC(=O)C(=NC(=O)OC(C)(C)C)C(C)C)c1. The molecule has 0 aliphatic heterocycles. The first-order valence-electron chi connectivity index (χ1n) is 8.10. The van der Waals surface area contributed by atoms with Crippen molar-refractivity contribution in [2.75, 3.05) is 7.11 Å². The number of benzene rings is 1. The summed E-state index contributed by atoms with van der Waals surface area (Å²) in [5.74, 6) is 0.473. The Kier molecular flexibility index (Phi) is 7.14. The summed E-state index contributed by atoms with van der Waals surface area (Å²) in [4.78, 5) is 28.2. The Hall–Kier alpha value is -2.17. The van der Waals surface area contributed by atoms with E-state index in [2.05, 4.69) is 4.99 Å². The lowest BCUT2D eigenvalue weighted by molar-refractivity contribution is -0.113. The number of rotatable bonds is 6. The van der Waals surface area contributed by atoms with Gasteiger partial charge in [-0.2, -0.15) is 4.99 Å². The van der Waals surface area contributed by atoms with Gasteiger partial charge in [0.15, 0.2) is 5.78 Å². The summed E-state index contributed by atoms with van der Waals surface area (Å²) in [6.45, 7) is 8.97. The Labute approximate surface area is 144 Å². The summed E-state index contributed by atoms with van der Waals surface area (Å²) in [6.07, 6.45) is 0.129. The molecule has 0 heterocycles. The first-order valence-corrected chi connectivity index (χ1v) is 8.10. The lowest BCUT2D eigenvalue weighted by Gasteiger charge is -2.18.